The smallest absolute Gasteiger partial charge is 0.331 e. The second-order valence-electron chi connectivity index (χ2n) is 8.85. The standard InChI is InChI=1S/C26H27BrN2O4/c1-25(2,3)33-24(30)26(17-19-7-5-4-6-8-19,21-11-15-23(16-12-21)29(31)32)28-18-20-9-13-22(27)14-10-20/h4-16,28H,17-18H2,1-3H3/t26-/m1/s1. The first-order valence-electron chi connectivity index (χ1n) is 10.6. The molecule has 7 heteroatoms. The number of hydrogen-bond acceptors (Lipinski definition) is 5. The van der Waals surface area contributed by atoms with Crippen molar-refractivity contribution < 1.29 is 14.5 Å². The molecule has 1 atom stereocenters. The number of benzene rings is 3. The Kier molecular flexibility index (Phi) is 7.66. The summed E-state index contributed by atoms with van der Waals surface area (Å²) in [4.78, 5) is 24.5. The molecular formula is C26H27BrN2O4. The number of rotatable bonds is 8. The molecule has 0 saturated carbocycles. The monoisotopic (exact) mass is 510 g/mol. The van der Waals surface area contributed by atoms with Crippen LogP contribution in [0.2, 0.25) is 0 Å². The third-order valence-corrected chi connectivity index (χ3v) is 5.67. The Morgan fingerprint density at radius 3 is 2.09 bits per heavy atom. The fraction of sp³-hybridized carbons (Fsp3) is 0.269. The molecule has 0 aliphatic rings. The average molecular weight is 511 g/mol. The van der Waals surface area contributed by atoms with E-state index in [1.54, 1.807) is 12.1 Å². The molecule has 33 heavy (non-hydrogen) atoms. The maximum atomic E-state index is 13.8. The first kappa shape index (κ1) is 24.6. The Labute approximate surface area is 202 Å². The molecule has 3 rings (SSSR count). The molecule has 172 valence electrons. The molecule has 0 aromatic heterocycles. The first-order chi connectivity index (χ1) is 15.6. The molecule has 3 aromatic rings. The van der Waals surface area contributed by atoms with Gasteiger partial charge in [0.15, 0.2) is 0 Å². The van der Waals surface area contributed by atoms with Gasteiger partial charge in [-0.25, -0.2) is 4.79 Å². The average Bonchev–Trinajstić information content (AvgIpc) is 2.77. The van der Waals surface area contributed by atoms with Crippen molar-refractivity contribution in [1.82, 2.24) is 5.32 Å². The van der Waals surface area contributed by atoms with Crippen molar-refractivity contribution in [3.63, 3.8) is 0 Å². The molecule has 0 heterocycles. The Bertz CT molecular complexity index is 1090. The van der Waals surface area contributed by atoms with E-state index in [9.17, 15) is 14.9 Å². The number of nitro benzene ring substituents is 1. The van der Waals surface area contributed by atoms with Gasteiger partial charge >= 0.3 is 5.97 Å². The Balaban J connectivity index is 2.09. The molecule has 0 unspecified atom stereocenters. The maximum absolute atomic E-state index is 13.8. The van der Waals surface area contributed by atoms with Crippen molar-refractivity contribution in [2.24, 2.45) is 0 Å². The van der Waals surface area contributed by atoms with Crippen molar-refractivity contribution in [3.8, 4) is 0 Å². The second-order valence-corrected chi connectivity index (χ2v) is 9.77. The van der Waals surface area contributed by atoms with E-state index in [2.05, 4.69) is 21.2 Å². The number of carbonyl (C=O) groups is 1. The number of hydrogen-bond donors (Lipinski definition) is 1. The summed E-state index contributed by atoms with van der Waals surface area (Å²) in [6.07, 6.45) is 0.317. The quantitative estimate of drug-likeness (QED) is 0.231. The highest BCUT2D eigenvalue weighted by molar-refractivity contribution is 9.10. The number of nitro groups is 1. The molecule has 0 fully saturated rings. The summed E-state index contributed by atoms with van der Waals surface area (Å²) in [7, 11) is 0. The lowest BCUT2D eigenvalue weighted by Gasteiger charge is -2.36. The lowest BCUT2D eigenvalue weighted by atomic mass is 9.83. The van der Waals surface area contributed by atoms with Gasteiger partial charge in [0.25, 0.3) is 5.69 Å². The van der Waals surface area contributed by atoms with Gasteiger partial charge in [-0.2, -0.15) is 0 Å². The van der Waals surface area contributed by atoms with Gasteiger partial charge in [-0.1, -0.05) is 58.4 Å². The highest BCUT2D eigenvalue weighted by Gasteiger charge is 2.43. The SMILES string of the molecule is CC(C)(C)OC(=O)[C@](Cc1ccccc1)(NCc1ccc(Br)cc1)c1ccc([N+](=O)[O-])cc1. The number of esters is 1. The summed E-state index contributed by atoms with van der Waals surface area (Å²) in [5.41, 5.74) is 0.523. The zero-order valence-corrected chi connectivity index (χ0v) is 20.5. The summed E-state index contributed by atoms with van der Waals surface area (Å²) < 4.78 is 6.83. The predicted octanol–water partition coefficient (Wildman–Crippen LogP) is 5.93. The summed E-state index contributed by atoms with van der Waals surface area (Å²) in [5.74, 6) is -0.440. The maximum Gasteiger partial charge on any atom is 0.331 e. The van der Waals surface area contributed by atoms with Crippen molar-refractivity contribution in [1.29, 1.82) is 0 Å². The third kappa shape index (κ3) is 6.49. The van der Waals surface area contributed by atoms with Crippen LogP contribution >= 0.6 is 15.9 Å². The Morgan fingerprint density at radius 2 is 1.55 bits per heavy atom. The van der Waals surface area contributed by atoms with Gasteiger partial charge in [-0.3, -0.25) is 15.4 Å². The van der Waals surface area contributed by atoms with Crippen LogP contribution < -0.4 is 5.32 Å². The zero-order chi connectivity index (χ0) is 24.1. The summed E-state index contributed by atoms with van der Waals surface area (Å²) in [6, 6.07) is 23.5. The highest BCUT2D eigenvalue weighted by Crippen LogP contribution is 2.32. The molecule has 0 saturated heterocycles. The molecule has 1 N–H and O–H groups in total. The first-order valence-corrected chi connectivity index (χ1v) is 11.4. The lowest BCUT2D eigenvalue weighted by Crippen LogP contribution is -2.53. The van der Waals surface area contributed by atoms with Crippen LogP contribution in [-0.4, -0.2) is 16.5 Å². The van der Waals surface area contributed by atoms with Crippen molar-refractivity contribution in [3.05, 3.63) is 110 Å². The van der Waals surface area contributed by atoms with Crippen LogP contribution in [0.3, 0.4) is 0 Å². The predicted molar refractivity (Wildman–Crippen MR) is 132 cm³/mol. The van der Waals surface area contributed by atoms with Crippen LogP contribution in [-0.2, 0) is 28.0 Å². The van der Waals surface area contributed by atoms with Gasteiger partial charge in [0.05, 0.1) is 4.92 Å². The van der Waals surface area contributed by atoms with Crippen molar-refractivity contribution in [2.45, 2.75) is 44.9 Å². The van der Waals surface area contributed by atoms with Crippen LogP contribution in [0, 0.1) is 10.1 Å². The topological polar surface area (TPSA) is 81.5 Å². The number of non-ortho nitro benzene ring substituents is 1. The molecular weight excluding hydrogens is 484 g/mol. The van der Waals surface area contributed by atoms with Crippen LogP contribution in [0.15, 0.2) is 83.3 Å². The lowest BCUT2D eigenvalue weighted by molar-refractivity contribution is -0.384. The molecule has 3 aromatic carbocycles. The number of nitrogens with zero attached hydrogens (tertiary/aromatic N) is 1. The number of nitrogens with one attached hydrogen (secondary N) is 1. The van der Waals surface area contributed by atoms with E-state index in [1.165, 1.54) is 12.1 Å². The number of ether oxygens (including phenoxy) is 1. The van der Waals surface area contributed by atoms with Crippen molar-refractivity contribution in [2.75, 3.05) is 0 Å². The Morgan fingerprint density at radius 1 is 0.939 bits per heavy atom. The minimum absolute atomic E-state index is 0.0375. The van der Waals surface area contributed by atoms with Crippen LogP contribution in [0.1, 0.15) is 37.5 Å². The highest BCUT2D eigenvalue weighted by atomic mass is 79.9. The van der Waals surface area contributed by atoms with Gasteiger partial charge < -0.3 is 4.74 Å². The minimum atomic E-state index is -1.25. The van der Waals surface area contributed by atoms with Gasteiger partial charge in [0.1, 0.15) is 11.1 Å². The third-order valence-electron chi connectivity index (χ3n) is 5.14. The van der Waals surface area contributed by atoms with Crippen molar-refractivity contribution >= 4 is 27.6 Å². The number of carbonyl (C=O) groups excluding carboxylic acids is 1. The van der Waals surface area contributed by atoms with E-state index in [4.69, 9.17) is 4.74 Å². The Hall–Kier alpha value is -3.03. The van der Waals surface area contributed by atoms with Gasteiger partial charge in [0.2, 0.25) is 0 Å². The molecule has 0 bridgehead atoms. The number of halogens is 1. The molecule has 0 spiro atoms. The summed E-state index contributed by atoms with van der Waals surface area (Å²) in [5, 5.41) is 14.7. The summed E-state index contributed by atoms with van der Waals surface area (Å²) >= 11 is 3.44. The second kappa shape index (κ2) is 10.3. The zero-order valence-electron chi connectivity index (χ0n) is 18.9. The molecule has 0 aliphatic heterocycles. The summed E-state index contributed by atoms with van der Waals surface area (Å²) in [6.45, 7) is 5.87. The van der Waals surface area contributed by atoms with E-state index in [1.807, 2.05) is 75.4 Å². The van der Waals surface area contributed by atoms with Crippen LogP contribution in [0.5, 0.6) is 0 Å². The van der Waals surface area contributed by atoms with E-state index >= 15 is 0 Å². The fourth-order valence-corrected chi connectivity index (χ4v) is 3.78. The van der Waals surface area contributed by atoms with Gasteiger partial charge in [-0.15, -0.1) is 0 Å². The largest absolute Gasteiger partial charge is 0.458 e. The fourth-order valence-electron chi connectivity index (χ4n) is 3.52. The van der Waals surface area contributed by atoms with E-state index < -0.39 is 22.0 Å². The molecule has 0 radical (unpaired) electrons. The van der Waals surface area contributed by atoms with E-state index in [0.29, 0.717) is 18.5 Å². The normalized spacial score (nSPS) is 13.2. The van der Waals surface area contributed by atoms with E-state index in [0.717, 1.165) is 15.6 Å². The van der Waals surface area contributed by atoms with Gasteiger partial charge in [0, 0.05) is 29.6 Å². The van der Waals surface area contributed by atoms with Gasteiger partial charge in [-0.05, 0) is 61.7 Å². The molecule has 0 aliphatic carbocycles. The molecule has 6 nitrogen and oxygen atoms in total. The van der Waals surface area contributed by atoms with E-state index in [-0.39, 0.29) is 5.69 Å². The van der Waals surface area contributed by atoms with Crippen LogP contribution in [0.25, 0.3) is 0 Å². The molecule has 0 amide bonds. The van der Waals surface area contributed by atoms with Crippen LogP contribution in [0.4, 0.5) is 5.69 Å². The minimum Gasteiger partial charge on any atom is -0.458 e.